The minimum Gasteiger partial charge on any atom is -0.494 e. The molecule has 0 aromatic heterocycles. The molecule has 2 rings (SSSR count). The third-order valence-electron chi connectivity index (χ3n) is 4.70. The van der Waals surface area contributed by atoms with Gasteiger partial charge in [0.25, 0.3) is 0 Å². The number of methoxy groups -OCH3 is 1. The van der Waals surface area contributed by atoms with Crippen LogP contribution in [0.2, 0.25) is 0 Å². The molecule has 0 spiro atoms. The number of esters is 1. The molecule has 0 saturated carbocycles. The largest absolute Gasteiger partial charge is 0.494 e. The highest BCUT2D eigenvalue weighted by Crippen LogP contribution is 2.24. The number of carbonyl (C=O) groups excluding carboxylic acids is 1. The lowest BCUT2D eigenvalue weighted by Crippen LogP contribution is -2.41. The third-order valence-corrected chi connectivity index (χ3v) is 4.70. The lowest BCUT2D eigenvalue weighted by molar-refractivity contribution is -0.145. The first-order valence-corrected chi connectivity index (χ1v) is 9.34. The monoisotopic (exact) mass is 489 g/mol. The molecule has 7 heteroatoms. The topological polar surface area (TPSA) is 63.2 Å². The van der Waals surface area contributed by atoms with Crippen LogP contribution in [0, 0.1) is 11.8 Å². The molecule has 1 fully saturated rings. The zero-order valence-corrected chi connectivity index (χ0v) is 19.1. The standard InChI is InChI=1S/C20H31N3O3.HI/c1-5-11-26-17-8-6-7-16(12-17)9-10-22-20(21-3)23-13-15(2)18(14-23)19(24)25-4;/h6-8,12,15,18H,5,9-11,13-14H2,1-4H3,(H,21,22);1H. The molecule has 1 aliphatic heterocycles. The lowest BCUT2D eigenvalue weighted by atomic mass is 9.99. The summed E-state index contributed by atoms with van der Waals surface area (Å²) in [7, 11) is 3.22. The number of benzene rings is 1. The van der Waals surface area contributed by atoms with Crippen LogP contribution in [0.4, 0.5) is 0 Å². The highest BCUT2D eigenvalue weighted by atomic mass is 127. The number of nitrogens with zero attached hydrogens (tertiary/aromatic N) is 2. The molecule has 1 heterocycles. The second kappa shape index (κ2) is 12.0. The molecule has 0 radical (unpaired) electrons. The Hall–Kier alpha value is -1.51. The van der Waals surface area contributed by atoms with Gasteiger partial charge >= 0.3 is 5.97 Å². The Morgan fingerprint density at radius 2 is 2.15 bits per heavy atom. The van der Waals surface area contributed by atoms with E-state index in [9.17, 15) is 4.79 Å². The van der Waals surface area contributed by atoms with Crippen LogP contribution in [0.25, 0.3) is 0 Å². The smallest absolute Gasteiger partial charge is 0.310 e. The summed E-state index contributed by atoms with van der Waals surface area (Å²) >= 11 is 0. The zero-order chi connectivity index (χ0) is 18.9. The molecule has 1 N–H and O–H groups in total. The van der Waals surface area contributed by atoms with Crippen molar-refractivity contribution in [3.8, 4) is 5.75 Å². The number of carbonyl (C=O) groups is 1. The van der Waals surface area contributed by atoms with E-state index in [1.54, 1.807) is 7.05 Å². The first kappa shape index (κ1) is 23.5. The van der Waals surface area contributed by atoms with Crippen molar-refractivity contribution < 1.29 is 14.3 Å². The molecule has 0 aliphatic carbocycles. The summed E-state index contributed by atoms with van der Waals surface area (Å²) in [6.07, 6.45) is 1.88. The fraction of sp³-hybridized carbons (Fsp3) is 0.600. The third kappa shape index (κ3) is 6.86. The predicted octanol–water partition coefficient (Wildman–Crippen LogP) is 2.95. The lowest BCUT2D eigenvalue weighted by Gasteiger charge is -2.21. The van der Waals surface area contributed by atoms with Crippen LogP contribution < -0.4 is 10.1 Å². The van der Waals surface area contributed by atoms with Crippen LogP contribution in [0.5, 0.6) is 5.75 Å². The molecular weight excluding hydrogens is 457 g/mol. The van der Waals surface area contributed by atoms with Crippen LogP contribution in [-0.4, -0.2) is 57.2 Å². The Kier molecular flexibility index (Phi) is 10.5. The number of aliphatic imine (C=N–C) groups is 1. The molecule has 6 nitrogen and oxygen atoms in total. The first-order chi connectivity index (χ1) is 12.6. The molecule has 1 aliphatic rings. The van der Waals surface area contributed by atoms with Crippen molar-refractivity contribution >= 4 is 35.9 Å². The van der Waals surface area contributed by atoms with Gasteiger partial charge in [0.15, 0.2) is 5.96 Å². The van der Waals surface area contributed by atoms with Crippen molar-refractivity contribution in [2.24, 2.45) is 16.8 Å². The van der Waals surface area contributed by atoms with Gasteiger partial charge in [-0.1, -0.05) is 26.0 Å². The molecule has 27 heavy (non-hydrogen) atoms. The number of rotatable bonds is 7. The van der Waals surface area contributed by atoms with E-state index in [4.69, 9.17) is 9.47 Å². The Balaban J connectivity index is 0.00000364. The Bertz CT molecular complexity index is 624. The number of ether oxygens (including phenoxy) is 2. The van der Waals surface area contributed by atoms with E-state index >= 15 is 0 Å². The van der Waals surface area contributed by atoms with Gasteiger partial charge in [0.05, 0.1) is 19.6 Å². The van der Waals surface area contributed by atoms with E-state index in [1.807, 2.05) is 12.1 Å². The van der Waals surface area contributed by atoms with E-state index in [0.717, 1.165) is 44.2 Å². The number of hydrogen-bond acceptors (Lipinski definition) is 4. The fourth-order valence-electron chi connectivity index (χ4n) is 3.26. The number of hydrogen-bond donors (Lipinski definition) is 1. The van der Waals surface area contributed by atoms with E-state index in [1.165, 1.54) is 12.7 Å². The fourth-order valence-corrected chi connectivity index (χ4v) is 3.26. The van der Waals surface area contributed by atoms with Crippen molar-refractivity contribution in [3.05, 3.63) is 29.8 Å². The van der Waals surface area contributed by atoms with Crippen molar-refractivity contribution in [1.29, 1.82) is 0 Å². The highest BCUT2D eigenvalue weighted by Gasteiger charge is 2.36. The molecule has 2 atom stereocenters. The summed E-state index contributed by atoms with van der Waals surface area (Å²) in [6, 6.07) is 8.21. The minimum atomic E-state index is -0.139. The second-order valence-corrected chi connectivity index (χ2v) is 6.73. The van der Waals surface area contributed by atoms with Gasteiger partial charge in [-0.3, -0.25) is 9.79 Å². The Morgan fingerprint density at radius 3 is 2.81 bits per heavy atom. The van der Waals surface area contributed by atoms with Crippen LogP contribution in [0.15, 0.2) is 29.3 Å². The summed E-state index contributed by atoms with van der Waals surface area (Å²) in [5.41, 5.74) is 1.23. The van der Waals surface area contributed by atoms with Crippen LogP contribution in [0.3, 0.4) is 0 Å². The molecule has 1 aromatic carbocycles. The Labute approximate surface area is 179 Å². The minimum absolute atomic E-state index is 0. The number of likely N-dealkylation sites (tertiary alicyclic amines) is 1. The van der Waals surface area contributed by atoms with Crippen molar-refractivity contribution in [2.75, 3.05) is 40.4 Å². The van der Waals surface area contributed by atoms with Gasteiger partial charge in [-0.2, -0.15) is 0 Å². The summed E-state index contributed by atoms with van der Waals surface area (Å²) < 4.78 is 10.6. The first-order valence-electron chi connectivity index (χ1n) is 9.34. The summed E-state index contributed by atoms with van der Waals surface area (Å²) in [5.74, 6) is 1.78. The molecule has 1 aromatic rings. The molecule has 2 unspecified atom stereocenters. The van der Waals surface area contributed by atoms with Gasteiger partial charge in [-0.25, -0.2) is 0 Å². The SMILES string of the molecule is CCCOc1cccc(CCNC(=NC)N2CC(C)C(C(=O)OC)C2)c1.I. The summed E-state index contributed by atoms with van der Waals surface area (Å²) in [4.78, 5) is 18.4. The zero-order valence-electron chi connectivity index (χ0n) is 16.7. The van der Waals surface area contributed by atoms with Gasteiger partial charge in [-0.05, 0) is 36.5 Å². The molecule has 152 valence electrons. The van der Waals surface area contributed by atoms with E-state index < -0.39 is 0 Å². The molecule has 0 amide bonds. The maximum Gasteiger partial charge on any atom is 0.310 e. The predicted molar refractivity (Wildman–Crippen MR) is 119 cm³/mol. The van der Waals surface area contributed by atoms with Gasteiger partial charge in [0, 0.05) is 26.7 Å². The number of halogens is 1. The maximum atomic E-state index is 11.9. The number of guanidine groups is 1. The van der Waals surface area contributed by atoms with Gasteiger partial charge in [-0.15, -0.1) is 24.0 Å². The molecule has 1 saturated heterocycles. The van der Waals surface area contributed by atoms with E-state index in [-0.39, 0.29) is 41.8 Å². The Morgan fingerprint density at radius 1 is 1.37 bits per heavy atom. The highest BCUT2D eigenvalue weighted by molar-refractivity contribution is 14.0. The summed E-state index contributed by atoms with van der Waals surface area (Å²) in [6.45, 7) is 7.15. The van der Waals surface area contributed by atoms with Gasteiger partial charge < -0.3 is 19.7 Å². The average Bonchev–Trinajstić information content (AvgIpc) is 3.04. The summed E-state index contributed by atoms with van der Waals surface area (Å²) in [5, 5.41) is 3.40. The number of nitrogens with one attached hydrogen (secondary N) is 1. The van der Waals surface area contributed by atoms with Crippen LogP contribution >= 0.6 is 24.0 Å². The van der Waals surface area contributed by atoms with Gasteiger partial charge in [0.1, 0.15) is 5.75 Å². The quantitative estimate of drug-likeness (QED) is 0.276. The van der Waals surface area contributed by atoms with Crippen molar-refractivity contribution in [3.63, 3.8) is 0 Å². The van der Waals surface area contributed by atoms with Crippen molar-refractivity contribution in [2.45, 2.75) is 26.7 Å². The molecular formula is C20H32IN3O3. The average molecular weight is 489 g/mol. The normalized spacial score (nSPS) is 19.4. The van der Waals surface area contributed by atoms with Crippen LogP contribution in [0.1, 0.15) is 25.8 Å². The molecule has 0 bridgehead atoms. The van der Waals surface area contributed by atoms with E-state index in [0.29, 0.717) is 6.54 Å². The maximum absolute atomic E-state index is 11.9. The van der Waals surface area contributed by atoms with Crippen LogP contribution in [-0.2, 0) is 16.0 Å². The second-order valence-electron chi connectivity index (χ2n) is 6.73. The van der Waals surface area contributed by atoms with E-state index in [2.05, 4.69) is 41.2 Å². The van der Waals surface area contributed by atoms with Crippen molar-refractivity contribution in [1.82, 2.24) is 10.2 Å². The van der Waals surface area contributed by atoms with Gasteiger partial charge in [0.2, 0.25) is 0 Å².